The van der Waals surface area contributed by atoms with Crippen molar-refractivity contribution in [2.24, 2.45) is 0 Å². The fourth-order valence-electron chi connectivity index (χ4n) is 4.99. The number of nitrogens with two attached hydrogens (primary N) is 1. The Bertz CT molecular complexity index is 1500. The average molecular weight is 537 g/mol. The molecule has 0 unspecified atom stereocenters. The Kier molecular flexibility index (Phi) is 5.21. The van der Waals surface area contributed by atoms with Crippen LogP contribution in [0.1, 0.15) is 17.4 Å². The molecule has 5 heterocycles. The second-order valence-corrected chi connectivity index (χ2v) is 11.6. The summed E-state index contributed by atoms with van der Waals surface area (Å²) < 4.78 is 39.8. The minimum absolute atomic E-state index is 0.232. The van der Waals surface area contributed by atoms with Gasteiger partial charge in [0, 0.05) is 0 Å². The van der Waals surface area contributed by atoms with Gasteiger partial charge >= 0.3 is 217 Å². The summed E-state index contributed by atoms with van der Waals surface area (Å²) in [6.45, 7) is -0.342. The summed E-state index contributed by atoms with van der Waals surface area (Å²) in [6.07, 6.45) is -0.287. The van der Waals surface area contributed by atoms with Crippen LogP contribution in [0.2, 0.25) is 0 Å². The standard InChI is InChI=1S/C25H24N5O7P/c1-32-38(34-19(15-8-4-2-5-9-15)20(35-38)16-10-6-3-7-11-16)36-21-17(12-31)33-25(22(21)37-38)30-14-29-18-23(26)27-13-28-24(18)30/h2-11,13-14,17,21-22,25,31H,12H2,1H3,(H2,26,27,28)/t17-,21-,22-,25-/m1/s1. The summed E-state index contributed by atoms with van der Waals surface area (Å²) in [5.41, 5.74) is 8.36. The number of nitrogens with zero attached hydrogens (tertiary/aromatic N) is 4. The van der Waals surface area contributed by atoms with Crippen LogP contribution in [0.3, 0.4) is 0 Å². The van der Waals surface area contributed by atoms with Gasteiger partial charge in [-0.15, -0.1) is 0 Å². The molecule has 1 spiro atoms. The van der Waals surface area contributed by atoms with Gasteiger partial charge in [0.15, 0.2) is 0 Å². The monoisotopic (exact) mass is 537 g/mol. The zero-order valence-corrected chi connectivity index (χ0v) is 21.0. The van der Waals surface area contributed by atoms with E-state index in [0.29, 0.717) is 22.7 Å². The number of aliphatic hydroxyl groups excluding tert-OH is 1. The number of aromatic nitrogens is 4. The van der Waals surface area contributed by atoms with Crippen molar-refractivity contribution in [3.05, 3.63) is 84.4 Å². The van der Waals surface area contributed by atoms with E-state index in [-0.39, 0.29) is 12.4 Å². The van der Waals surface area contributed by atoms with Crippen molar-refractivity contribution in [2.45, 2.75) is 24.5 Å². The van der Waals surface area contributed by atoms with Crippen LogP contribution in [-0.4, -0.2) is 56.7 Å². The predicted octanol–water partition coefficient (Wildman–Crippen LogP) is 3.43. The molecule has 3 aliphatic rings. The number of anilines is 1. The first kappa shape index (κ1) is 23.5. The number of imidazole rings is 1. The molecule has 0 radical (unpaired) electrons. The molecule has 3 aliphatic heterocycles. The summed E-state index contributed by atoms with van der Waals surface area (Å²) in [7, 11) is -3.32. The van der Waals surface area contributed by atoms with Gasteiger partial charge in [-0.05, 0) is 0 Å². The van der Waals surface area contributed by atoms with Crippen LogP contribution in [-0.2, 0) is 27.4 Å². The Morgan fingerprint density at radius 3 is 2.16 bits per heavy atom. The third-order valence-corrected chi connectivity index (χ3v) is 9.50. The quantitative estimate of drug-likeness (QED) is 0.361. The topological polar surface area (TPSA) is 145 Å². The van der Waals surface area contributed by atoms with Crippen LogP contribution in [0.15, 0.2) is 73.3 Å². The van der Waals surface area contributed by atoms with Gasteiger partial charge in [0.1, 0.15) is 0 Å². The van der Waals surface area contributed by atoms with Gasteiger partial charge in [-0.2, -0.15) is 0 Å². The Balaban J connectivity index is 1.32. The van der Waals surface area contributed by atoms with Crippen LogP contribution in [0, 0.1) is 0 Å². The van der Waals surface area contributed by atoms with E-state index < -0.39 is 32.3 Å². The predicted molar refractivity (Wildman–Crippen MR) is 136 cm³/mol. The van der Waals surface area contributed by atoms with E-state index in [1.807, 2.05) is 60.7 Å². The Labute approximate surface area is 216 Å². The van der Waals surface area contributed by atoms with E-state index in [9.17, 15) is 5.11 Å². The van der Waals surface area contributed by atoms with Gasteiger partial charge < -0.3 is 0 Å². The van der Waals surface area contributed by atoms with Crippen molar-refractivity contribution >= 4 is 36.2 Å². The van der Waals surface area contributed by atoms with Gasteiger partial charge in [0.05, 0.1) is 0 Å². The first-order valence-electron chi connectivity index (χ1n) is 11.9. The number of rotatable bonds is 5. The number of benzene rings is 2. The molecule has 12 nitrogen and oxygen atoms in total. The molecule has 2 aromatic carbocycles. The zero-order valence-electron chi connectivity index (χ0n) is 20.2. The van der Waals surface area contributed by atoms with Crippen LogP contribution in [0.5, 0.6) is 0 Å². The first-order chi connectivity index (χ1) is 18.5. The number of fused-ring (bicyclic) bond motifs is 2. The molecule has 0 aliphatic carbocycles. The molecule has 3 N–H and O–H groups in total. The molecule has 0 bridgehead atoms. The van der Waals surface area contributed by atoms with Crippen molar-refractivity contribution in [3.8, 4) is 0 Å². The van der Waals surface area contributed by atoms with Crippen molar-refractivity contribution in [1.29, 1.82) is 0 Å². The van der Waals surface area contributed by atoms with Gasteiger partial charge in [-0.25, -0.2) is 0 Å². The summed E-state index contributed by atoms with van der Waals surface area (Å²) >= 11 is 0. The summed E-state index contributed by atoms with van der Waals surface area (Å²) in [6, 6.07) is 19.0. The number of aliphatic hydroxyl groups is 1. The first-order valence-corrected chi connectivity index (χ1v) is 13.8. The zero-order chi connectivity index (χ0) is 25.9. The third-order valence-electron chi connectivity index (χ3n) is 6.77. The molecule has 2 aromatic heterocycles. The molecule has 4 aromatic rings. The molecule has 2 saturated heterocycles. The van der Waals surface area contributed by atoms with E-state index in [2.05, 4.69) is 15.0 Å². The minimum atomic E-state index is -4.73. The SMILES string of the molecule is COP12(OC(c3ccccc3)=C(c3ccccc3)O1)O[C@@H]1[C@H](O2)[C@@H](CO)O[C@H]1n1cnc2c(N)ncnc21. The van der Waals surface area contributed by atoms with Gasteiger partial charge in [-0.1, -0.05) is 0 Å². The maximum absolute atomic E-state index is 10.2. The van der Waals surface area contributed by atoms with Crippen molar-refractivity contribution < 1.29 is 32.5 Å². The average Bonchev–Trinajstić information content (AvgIpc) is 3.71. The number of ether oxygens (including phenoxy) is 1. The van der Waals surface area contributed by atoms with Crippen molar-refractivity contribution in [2.75, 3.05) is 19.5 Å². The Morgan fingerprint density at radius 1 is 0.921 bits per heavy atom. The molecule has 13 heteroatoms. The third kappa shape index (κ3) is 3.36. The Morgan fingerprint density at radius 2 is 1.55 bits per heavy atom. The number of nitrogen functional groups attached to an aromatic ring is 1. The molecule has 4 atom stereocenters. The molecule has 0 amide bonds. The molecular formula is C25H24N5O7P. The van der Waals surface area contributed by atoms with E-state index >= 15 is 0 Å². The Hall–Kier alpha value is -3.64. The van der Waals surface area contributed by atoms with Crippen LogP contribution >= 0.6 is 7.74 Å². The fourth-order valence-corrected chi connectivity index (χ4v) is 7.82. The second kappa shape index (κ2) is 8.43. The molecule has 0 saturated carbocycles. The molecular weight excluding hydrogens is 513 g/mol. The van der Waals surface area contributed by atoms with Crippen molar-refractivity contribution in [3.63, 3.8) is 0 Å². The van der Waals surface area contributed by atoms with Crippen LogP contribution in [0.25, 0.3) is 22.7 Å². The van der Waals surface area contributed by atoms with Crippen LogP contribution < -0.4 is 5.73 Å². The summed E-state index contributed by atoms with van der Waals surface area (Å²) in [4.78, 5) is 12.7. The molecule has 196 valence electrons. The normalized spacial score (nSPS) is 28.1. The summed E-state index contributed by atoms with van der Waals surface area (Å²) in [5.74, 6) is 1.07. The molecule has 7 rings (SSSR count). The van der Waals surface area contributed by atoms with E-state index in [1.165, 1.54) is 19.8 Å². The van der Waals surface area contributed by atoms with Crippen LogP contribution in [0.4, 0.5) is 5.82 Å². The number of hydrogen-bond acceptors (Lipinski definition) is 11. The van der Waals surface area contributed by atoms with Gasteiger partial charge in [-0.3, -0.25) is 0 Å². The second-order valence-electron chi connectivity index (χ2n) is 8.97. The van der Waals surface area contributed by atoms with Crippen molar-refractivity contribution in [1.82, 2.24) is 19.5 Å². The maximum atomic E-state index is 10.2. The summed E-state index contributed by atoms with van der Waals surface area (Å²) in [5, 5.41) is 10.2. The molecule has 38 heavy (non-hydrogen) atoms. The van der Waals surface area contributed by atoms with Gasteiger partial charge in [0.25, 0.3) is 0 Å². The van der Waals surface area contributed by atoms with E-state index in [0.717, 1.165) is 11.1 Å². The van der Waals surface area contributed by atoms with Gasteiger partial charge in [0.2, 0.25) is 0 Å². The number of hydrogen-bond donors (Lipinski definition) is 2. The van der Waals surface area contributed by atoms with E-state index in [1.54, 1.807) is 4.57 Å². The van der Waals surface area contributed by atoms with E-state index in [4.69, 9.17) is 33.1 Å². The molecule has 2 fully saturated rings. The fraction of sp³-hybridized carbons (Fsp3) is 0.240.